The minimum absolute atomic E-state index is 0.0494. The van der Waals surface area contributed by atoms with Gasteiger partial charge in [0.1, 0.15) is 5.56 Å². The van der Waals surface area contributed by atoms with Gasteiger partial charge in [0.25, 0.3) is 11.5 Å². The molecule has 0 radical (unpaired) electrons. The lowest BCUT2D eigenvalue weighted by molar-refractivity contribution is -0.135. The average Bonchev–Trinajstić information content (AvgIpc) is 3.03. The average molecular weight is 347 g/mol. The molecule has 25 heavy (non-hydrogen) atoms. The third-order valence-electron chi connectivity index (χ3n) is 5.16. The zero-order valence-corrected chi connectivity index (χ0v) is 14.9. The first-order valence-corrected chi connectivity index (χ1v) is 8.81. The summed E-state index contributed by atoms with van der Waals surface area (Å²) in [5.74, 6) is -0.177. The van der Waals surface area contributed by atoms with Crippen LogP contribution in [-0.2, 0) is 16.6 Å². The number of aryl methyl sites for hydroxylation is 1. The Morgan fingerprint density at radius 2 is 1.84 bits per heavy atom. The third kappa shape index (κ3) is 3.61. The largest absolute Gasteiger partial charge is 0.381 e. The molecule has 0 aromatic carbocycles. The first kappa shape index (κ1) is 17.7. The van der Waals surface area contributed by atoms with Crippen molar-refractivity contribution < 1.29 is 14.3 Å². The topological polar surface area (TPSA) is 71.9 Å². The van der Waals surface area contributed by atoms with Crippen molar-refractivity contribution in [3.8, 4) is 0 Å². The standard InChI is InChI=1S/C18H25N3O4/c1-13-4-5-15(17(23)19(13)2)18(24)21-8-3-7-20(9-10-21)16(22)14-6-11-25-12-14/h4-5,14H,3,6-12H2,1-2H3. The molecule has 7 nitrogen and oxygen atoms in total. The summed E-state index contributed by atoms with van der Waals surface area (Å²) in [7, 11) is 1.67. The quantitative estimate of drug-likeness (QED) is 0.777. The van der Waals surface area contributed by atoms with E-state index >= 15 is 0 Å². The summed E-state index contributed by atoms with van der Waals surface area (Å²) in [6.45, 7) is 5.13. The van der Waals surface area contributed by atoms with Gasteiger partial charge in [0.15, 0.2) is 0 Å². The second kappa shape index (κ2) is 7.39. The van der Waals surface area contributed by atoms with E-state index in [1.807, 2.05) is 11.8 Å². The number of hydrogen-bond acceptors (Lipinski definition) is 4. The van der Waals surface area contributed by atoms with Crippen LogP contribution in [0.4, 0.5) is 0 Å². The predicted octanol–water partition coefficient (Wildman–Crippen LogP) is 0.405. The summed E-state index contributed by atoms with van der Waals surface area (Å²) < 4.78 is 6.79. The second-order valence-corrected chi connectivity index (χ2v) is 6.78. The number of aromatic nitrogens is 1. The van der Waals surface area contributed by atoms with Gasteiger partial charge >= 0.3 is 0 Å². The highest BCUT2D eigenvalue weighted by Crippen LogP contribution is 2.17. The van der Waals surface area contributed by atoms with Crippen LogP contribution in [0.5, 0.6) is 0 Å². The molecule has 2 aliphatic heterocycles. The minimum atomic E-state index is -0.273. The van der Waals surface area contributed by atoms with Crippen LogP contribution in [0.25, 0.3) is 0 Å². The maximum Gasteiger partial charge on any atom is 0.263 e. The first-order chi connectivity index (χ1) is 12.0. The zero-order chi connectivity index (χ0) is 18.0. The SMILES string of the molecule is Cc1ccc(C(=O)N2CCCN(C(=O)C3CCOC3)CC2)c(=O)n1C. The lowest BCUT2D eigenvalue weighted by atomic mass is 10.1. The molecule has 3 rings (SSSR count). The Bertz CT molecular complexity index is 722. The Balaban J connectivity index is 1.68. The molecule has 2 fully saturated rings. The number of carbonyl (C=O) groups excluding carboxylic acids is 2. The highest BCUT2D eigenvalue weighted by Gasteiger charge is 2.30. The van der Waals surface area contributed by atoms with Crippen molar-refractivity contribution in [1.29, 1.82) is 0 Å². The molecule has 2 aliphatic rings. The number of nitrogens with zero attached hydrogens (tertiary/aromatic N) is 3. The molecule has 0 aliphatic carbocycles. The monoisotopic (exact) mass is 347 g/mol. The molecular formula is C18H25N3O4. The summed E-state index contributed by atoms with van der Waals surface area (Å²) in [5.41, 5.74) is 0.732. The second-order valence-electron chi connectivity index (χ2n) is 6.78. The van der Waals surface area contributed by atoms with Crippen LogP contribution in [0.1, 0.15) is 28.9 Å². The fraction of sp³-hybridized carbons (Fsp3) is 0.611. The molecule has 7 heteroatoms. The van der Waals surface area contributed by atoms with Crippen LogP contribution in [0, 0.1) is 12.8 Å². The highest BCUT2D eigenvalue weighted by molar-refractivity contribution is 5.94. The molecule has 136 valence electrons. The summed E-state index contributed by atoms with van der Waals surface area (Å²) >= 11 is 0. The normalized spacial score (nSPS) is 21.3. The molecule has 0 bridgehead atoms. The maximum absolute atomic E-state index is 12.8. The molecule has 3 heterocycles. The van der Waals surface area contributed by atoms with E-state index in [2.05, 4.69) is 0 Å². The molecule has 1 unspecified atom stereocenters. The van der Waals surface area contributed by atoms with Crippen molar-refractivity contribution in [3.63, 3.8) is 0 Å². The highest BCUT2D eigenvalue weighted by atomic mass is 16.5. The van der Waals surface area contributed by atoms with Crippen molar-refractivity contribution in [2.75, 3.05) is 39.4 Å². The number of hydrogen-bond donors (Lipinski definition) is 0. The molecule has 1 aromatic rings. The molecule has 2 amide bonds. The summed E-state index contributed by atoms with van der Waals surface area (Å²) in [5, 5.41) is 0. The van der Waals surface area contributed by atoms with Gasteiger partial charge in [-0.2, -0.15) is 0 Å². The molecule has 0 N–H and O–H groups in total. The van der Waals surface area contributed by atoms with Crippen molar-refractivity contribution in [2.24, 2.45) is 13.0 Å². The smallest absolute Gasteiger partial charge is 0.263 e. The van der Waals surface area contributed by atoms with Crippen LogP contribution in [0.15, 0.2) is 16.9 Å². The number of rotatable bonds is 2. The number of ether oxygens (including phenoxy) is 1. The molecule has 1 atom stereocenters. The van der Waals surface area contributed by atoms with Gasteiger partial charge in [0, 0.05) is 45.5 Å². The Labute approximate surface area is 147 Å². The van der Waals surface area contributed by atoms with Crippen LogP contribution in [-0.4, -0.2) is 65.6 Å². The molecule has 2 saturated heterocycles. The lowest BCUT2D eigenvalue weighted by Gasteiger charge is -2.24. The first-order valence-electron chi connectivity index (χ1n) is 8.81. The van der Waals surface area contributed by atoms with Gasteiger partial charge in [-0.1, -0.05) is 0 Å². The Hall–Kier alpha value is -2.15. The maximum atomic E-state index is 12.8. The summed E-state index contributed by atoms with van der Waals surface area (Å²) in [4.78, 5) is 41.1. The van der Waals surface area contributed by atoms with E-state index in [1.165, 1.54) is 4.57 Å². The van der Waals surface area contributed by atoms with E-state index in [0.717, 1.165) is 18.5 Å². The van der Waals surface area contributed by atoms with Crippen molar-refractivity contribution in [3.05, 3.63) is 33.7 Å². The summed E-state index contributed by atoms with van der Waals surface area (Å²) in [6.07, 6.45) is 1.49. The molecule has 0 saturated carbocycles. The minimum Gasteiger partial charge on any atom is -0.381 e. The van der Waals surface area contributed by atoms with Gasteiger partial charge in [0.05, 0.1) is 12.5 Å². The van der Waals surface area contributed by atoms with Gasteiger partial charge in [-0.15, -0.1) is 0 Å². The van der Waals surface area contributed by atoms with Crippen molar-refractivity contribution in [2.45, 2.75) is 19.8 Å². The third-order valence-corrected chi connectivity index (χ3v) is 5.16. The Kier molecular flexibility index (Phi) is 5.22. The summed E-state index contributed by atoms with van der Waals surface area (Å²) in [6, 6.07) is 3.38. The fourth-order valence-electron chi connectivity index (χ4n) is 3.39. The van der Waals surface area contributed by atoms with Crippen LogP contribution in [0.3, 0.4) is 0 Å². The van der Waals surface area contributed by atoms with E-state index in [1.54, 1.807) is 24.1 Å². The van der Waals surface area contributed by atoms with E-state index in [-0.39, 0.29) is 28.9 Å². The van der Waals surface area contributed by atoms with E-state index < -0.39 is 0 Å². The van der Waals surface area contributed by atoms with Gasteiger partial charge in [-0.05, 0) is 31.9 Å². The number of pyridine rings is 1. The van der Waals surface area contributed by atoms with Gasteiger partial charge in [-0.25, -0.2) is 0 Å². The lowest BCUT2D eigenvalue weighted by Crippen LogP contribution is -2.41. The number of amides is 2. The van der Waals surface area contributed by atoms with E-state index in [9.17, 15) is 14.4 Å². The van der Waals surface area contributed by atoms with Crippen molar-refractivity contribution in [1.82, 2.24) is 14.4 Å². The van der Waals surface area contributed by atoms with Gasteiger partial charge in [0.2, 0.25) is 5.91 Å². The zero-order valence-electron chi connectivity index (χ0n) is 14.9. The van der Waals surface area contributed by atoms with Gasteiger partial charge < -0.3 is 19.1 Å². The Morgan fingerprint density at radius 1 is 1.12 bits per heavy atom. The predicted molar refractivity (Wildman–Crippen MR) is 92.4 cm³/mol. The van der Waals surface area contributed by atoms with Crippen molar-refractivity contribution >= 4 is 11.8 Å². The number of carbonyl (C=O) groups is 2. The van der Waals surface area contributed by atoms with E-state index in [0.29, 0.717) is 39.4 Å². The molecular weight excluding hydrogens is 322 g/mol. The molecule has 0 spiro atoms. The van der Waals surface area contributed by atoms with Crippen LogP contribution >= 0.6 is 0 Å². The van der Waals surface area contributed by atoms with Crippen LogP contribution in [0.2, 0.25) is 0 Å². The Morgan fingerprint density at radius 3 is 2.56 bits per heavy atom. The fourth-order valence-corrected chi connectivity index (χ4v) is 3.39. The molecule has 1 aromatic heterocycles. The van der Waals surface area contributed by atoms with Crippen LogP contribution < -0.4 is 5.56 Å². The van der Waals surface area contributed by atoms with Gasteiger partial charge in [-0.3, -0.25) is 14.4 Å². The van der Waals surface area contributed by atoms with E-state index in [4.69, 9.17) is 4.74 Å².